The molecular formula is C18H26ClN3O3. The van der Waals surface area contributed by atoms with Gasteiger partial charge in [-0.15, -0.1) is 0 Å². The Hall–Kier alpha value is -1.50. The minimum Gasteiger partial charge on any atom is -0.495 e. The molecule has 2 fully saturated rings. The van der Waals surface area contributed by atoms with Gasteiger partial charge in [-0.1, -0.05) is 11.6 Å². The standard InChI is InChI=1S/C18H26ClN3O3/c1-14(18(23)22-9-11-25-12-10-22)20-5-7-21(8-6-20)16-13-15(19)3-4-17(16)24-2/h3-4,13-14H,5-12H2,1-2H3/t14-/m1/s1. The number of nitrogens with zero attached hydrogens (tertiary/aromatic N) is 3. The number of benzene rings is 1. The molecule has 0 radical (unpaired) electrons. The summed E-state index contributed by atoms with van der Waals surface area (Å²) in [4.78, 5) is 19.1. The molecule has 2 aliphatic heterocycles. The first-order valence-electron chi connectivity index (χ1n) is 8.79. The van der Waals surface area contributed by atoms with Crippen molar-refractivity contribution in [1.82, 2.24) is 9.80 Å². The van der Waals surface area contributed by atoms with Crippen LogP contribution in [-0.4, -0.2) is 81.3 Å². The van der Waals surface area contributed by atoms with Crippen molar-refractivity contribution >= 4 is 23.2 Å². The van der Waals surface area contributed by atoms with E-state index >= 15 is 0 Å². The Balaban J connectivity index is 1.60. The number of ether oxygens (including phenoxy) is 2. The Kier molecular flexibility index (Phi) is 6.04. The van der Waals surface area contributed by atoms with Gasteiger partial charge in [0.05, 0.1) is 32.1 Å². The zero-order chi connectivity index (χ0) is 17.8. The van der Waals surface area contributed by atoms with Crippen molar-refractivity contribution in [2.75, 3.05) is 64.5 Å². The van der Waals surface area contributed by atoms with Crippen molar-refractivity contribution < 1.29 is 14.3 Å². The maximum atomic E-state index is 12.7. The van der Waals surface area contributed by atoms with E-state index in [0.717, 1.165) is 37.6 Å². The minimum atomic E-state index is -0.0958. The van der Waals surface area contributed by atoms with Gasteiger partial charge in [0.1, 0.15) is 5.75 Å². The van der Waals surface area contributed by atoms with Crippen LogP contribution in [0.1, 0.15) is 6.92 Å². The SMILES string of the molecule is COc1ccc(Cl)cc1N1CCN([C@H](C)C(=O)N2CCOCC2)CC1. The van der Waals surface area contributed by atoms with E-state index in [1.54, 1.807) is 7.11 Å². The number of anilines is 1. The first-order chi connectivity index (χ1) is 12.1. The van der Waals surface area contributed by atoms with Gasteiger partial charge in [-0.3, -0.25) is 9.69 Å². The molecular weight excluding hydrogens is 342 g/mol. The predicted octanol–water partition coefficient (Wildman–Crippen LogP) is 1.72. The van der Waals surface area contributed by atoms with Crippen LogP contribution in [0.25, 0.3) is 0 Å². The average Bonchev–Trinajstić information content (AvgIpc) is 2.67. The molecule has 7 heteroatoms. The lowest BCUT2D eigenvalue weighted by Gasteiger charge is -2.40. The highest BCUT2D eigenvalue weighted by atomic mass is 35.5. The second kappa shape index (κ2) is 8.25. The van der Waals surface area contributed by atoms with Crippen LogP contribution in [0, 0.1) is 0 Å². The number of halogens is 1. The van der Waals surface area contributed by atoms with Crippen molar-refractivity contribution in [2.24, 2.45) is 0 Å². The van der Waals surface area contributed by atoms with Crippen LogP contribution in [0.3, 0.4) is 0 Å². The number of morpholine rings is 1. The third-order valence-corrected chi connectivity index (χ3v) is 5.26. The van der Waals surface area contributed by atoms with Crippen molar-refractivity contribution in [3.05, 3.63) is 23.2 Å². The summed E-state index contributed by atoms with van der Waals surface area (Å²) in [6.45, 7) is 8.05. The van der Waals surface area contributed by atoms with E-state index in [1.165, 1.54) is 0 Å². The average molecular weight is 368 g/mol. The van der Waals surface area contributed by atoms with E-state index in [2.05, 4.69) is 9.80 Å². The molecule has 0 aliphatic carbocycles. The predicted molar refractivity (Wildman–Crippen MR) is 98.7 cm³/mol. The van der Waals surface area contributed by atoms with Crippen LogP contribution < -0.4 is 9.64 Å². The van der Waals surface area contributed by atoms with Crippen LogP contribution >= 0.6 is 11.6 Å². The largest absolute Gasteiger partial charge is 0.495 e. The second-order valence-electron chi connectivity index (χ2n) is 6.45. The summed E-state index contributed by atoms with van der Waals surface area (Å²) >= 11 is 6.15. The summed E-state index contributed by atoms with van der Waals surface area (Å²) in [7, 11) is 1.67. The van der Waals surface area contributed by atoms with Gasteiger partial charge in [-0.05, 0) is 25.1 Å². The van der Waals surface area contributed by atoms with Gasteiger partial charge in [0.25, 0.3) is 0 Å². The molecule has 2 heterocycles. The number of amides is 1. The molecule has 0 N–H and O–H groups in total. The molecule has 1 aromatic rings. The molecule has 1 atom stereocenters. The summed E-state index contributed by atoms with van der Waals surface area (Å²) in [6, 6.07) is 5.58. The summed E-state index contributed by atoms with van der Waals surface area (Å²) in [5.41, 5.74) is 1.02. The zero-order valence-electron chi connectivity index (χ0n) is 14.9. The van der Waals surface area contributed by atoms with Crippen LogP contribution in [-0.2, 0) is 9.53 Å². The van der Waals surface area contributed by atoms with Crippen molar-refractivity contribution in [3.8, 4) is 5.75 Å². The molecule has 0 aromatic heterocycles. The van der Waals surface area contributed by atoms with Crippen molar-refractivity contribution in [1.29, 1.82) is 0 Å². The zero-order valence-corrected chi connectivity index (χ0v) is 15.7. The summed E-state index contributed by atoms with van der Waals surface area (Å²) in [5, 5.41) is 0.703. The van der Waals surface area contributed by atoms with Gasteiger partial charge >= 0.3 is 0 Å². The number of hydrogen-bond acceptors (Lipinski definition) is 5. The molecule has 0 spiro atoms. The maximum absolute atomic E-state index is 12.7. The number of carbonyl (C=O) groups excluding carboxylic acids is 1. The number of rotatable bonds is 4. The second-order valence-corrected chi connectivity index (χ2v) is 6.89. The lowest BCUT2D eigenvalue weighted by Crippen LogP contribution is -2.56. The first kappa shape index (κ1) is 18.3. The number of carbonyl (C=O) groups is 1. The highest BCUT2D eigenvalue weighted by molar-refractivity contribution is 6.30. The first-order valence-corrected chi connectivity index (χ1v) is 9.17. The Bertz CT molecular complexity index is 599. The lowest BCUT2D eigenvalue weighted by atomic mass is 10.1. The van der Waals surface area contributed by atoms with Crippen molar-refractivity contribution in [2.45, 2.75) is 13.0 Å². The third-order valence-electron chi connectivity index (χ3n) is 5.02. The highest BCUT2D eigenvalue weighted by Crippen LogP contribution is 2.32. The smallest absolute Gasteiger partial charge is 0.239 e. The Morgan fingerprint density at radius 2 is 1.84 bits per heavy atom. The summed E-state index contributed by atoms with van der Waals surface area (Å²) in [5.74, 6) is 1.03. The van der Waals surface area contributed by atoms with E-state index in [1.807, 2.05) is 30.0 Å². The minimum absolute atomic E-state index is 0.0958. The quantitative estimate of drug-likeness (QED) is 0.810. The van der Waals surface area contributed by atoms with Gasteiger partial charge in [0.15, 0.2) is 0 Å². The molecule has 2 aliphatic rings. The molecule has 2 saturated heterocycles. The van der Waals surface area contributed by atoms with Gasteiger partial charge in [-0.2, -0.15) is 0 Å². The molecule has 6 nitrogen and oxygen atoms in total. The molecule has 0 unspecified atom stereocenters. The Labute approximate surface area is 154 Å². The lowest BCUT2D eigenvalue weighted by molar-refractivity contribution is -0.140. The fourth-order valence-corrected chi connectivity index (χ4v) is 3.63. The van der Waals surface area contributed by atoms with Gasteiger partial charge in [-0.25, -0.2) is 0 Å². The fraction of sp³-hybridized carbons (Fsp3) is 0.611. The molecule has 3 rings (SSSR count). The molecule has 25 heavy (non-hydrogen) atoms. The normalized spacial score (nSPS) is 20.4. The van der Waals surface area contributed by atoms with Crippen LogP contribution in [0.15, 0.2) is 18.2 Å². The van der Waals surface area contributed by atoms with E-state index < -0.39 is 0 Å². The molecule has 1 aromatic carbocycles. The Morgan fingerprint density at radius 1 is 1.16 bits per heavy atom. The molecule has 0 bridgehead atoms. The molecule has 138 valence electrons. The van der Waals surface area contributed by atoms with E-state index in [0.29, 0.717) is 31.3 Å². The highest BCUT2D eigenvalue weighted by Gasteiger charge is 2.30. The topological polar surface area (TPSA) is 45.2 Å². The van der Waals surface area contributed by atoms with Gasteiger partial charge in [0.2, 0.25) is 5.91 Å². The van der Waals surface area contributed by atoms with Crippen LogP contribution in [0.4, 0.5) is 5.69 Å². The number of piperazine rings is 1. The van der Waals surface area contributed by atoms with Gasteiger partial charge in [0, 0.05) is 44.3 Å². The van der Waals surface area contributed by atoms with Crippen LogP contribution in [0.5, 0.6) is 5.75 Å². The third kappa shape index (κ3) is 4.19. The molecule has 0 saturated carbocycles. The summed E-state index contributed by atoms with van der Waals surface area (Å²) in [6.07, 6.45) is 0. The summed E-state index contributed by atoms with van der Waals surface area (Å²) < 4.78 is 10.8. The maximum Gasteiger partial charge on any atom is 0.239 e. The van der Waals surface area contributed by atoms with Gasteiger partial charge < -0.3 is 19.3 Å². The fourth-order valence-electron chi connectivity index (χ4n) is 3.46. The number of hydrogen-bond donors (Lipinski definition) is 0. The van der Waals surface area contributed by atoms with E-state index in [9.17, 15) is 4.79 Å². The molecule has 1 amide bonds. The van der Waals surface area contributed by atoms with Crippen LogP contribution in [0.2, 0.25) is 5.02 Å². The van der Waals surface area contributed by atoms with E-state index in [-0.39, 0.29) is 11.9 Å². The monoisotopic (exact) mass is 367 g/mol. The Morgan fingerprint density at radius 3 is 2.48 bits per heavy atom. The van der Waals surface area contributed by atoms with E-state index in [4.69, 9.17) is 21.1 Å². The van der Waals surface area contributed by atoms with Crippen molar-refractivity contribution in [3.63, 3.8) is 0 Å². The number of methoxy groups -OCH3 is 1.